The molecule has 110 valence electrons. The van der Waals surface area contributed by atoms with Gasteiger partial charge in [-0.05, 0) is 43.6 Å². The third-order valence-corrected chi connectivity index (χ3v) is 3.79. The van der Waals surface area contributed by atoms with Gasteiger partial charge in [-0.15, -0.1) is 0 Å². The summed E-state index contributed by atoms with van der Waals surface area (Å²) in [4.78, 5) is 0. The standard InChI is InChI=1S/C16H24N2OS/c20-16(18-14-8-3-1-4-9-14)17-12-7-13-19-15-10-5-2-6-11-15/h1,3-4,8-9,15H,2,5-7,10-13H2,(H2,17,18,20). The van der Waals surface area contributed by atoms with Crippen molar-refractivity contribution in [1.29, 1.82) is 0 Å². The Morgan fingerprint density at radius 3 is 2.65 bits per heavy atom. The molecular weight excluding hydrogens is 268 g/mol. The van der Waals surface area contributed by atoms with E-state index in [2.05, 4.69) is 10.6 Å². The van der Waals surface area contributed by atoms with Crippen LogP contribution in [-0.2, 0) is 4.74 Å². The lowest BCUT2D eigenvalue weighted by atomic mass is 9.98. The van der Waals surface area contributed by atoms with Crippen LogP contribution in [-0.4, -0.2) is 24.4 Å². The van der Waals surface area contributed by atoms with Gasteiger partial charge in [-0.2, -0.15) is 0 Å². The Labute approximate surface area is 127 Å². The van der Waals surface area contributed by atoms with E-state index in [-0.39, 0.29) is 0 Å². The fourth-order valence-electron chi connectivity index (χ4n) is 2.45. The maximum Gasteiger partial charge on any atom is 0.170 e. The van der Waals surface area contributed by atoms with E-state index < -0.39 is 0 Å². The van der Waals surface area contributed by atoms with Gasteiger partial charge in [0.2, 0.25) is 0 Å². The highest BCUT2D eigenvalue weighted by Gasteiger charge is 2.12. The molecule has 1 fully saturated rings. The van der Waals surface area contributed by atoms with E-state index in [1.165, 1.54) is 32.1 Å². The molecule has 1 aromatic carbocycles. The first-order valence-corrected chi connectivity index (χ1v) is 7.97. The van der Waals surface area contributed by atoms with Gasteiger partial charge < -0.3 is 15.4 Å². The van der Waals surface area contributed by atoms with Gasteiger partial charge in [0.25, 0.3) is 0 Å². The topological polar surface area (TPSA) is 33.3 Å². The fourth-order valence-corrected chi connectivity index (χ4v) is 2.67. The van der Waals surface area contributed by atoms with Crippen molar-refractivity contribution in [2.75, 3.05) is 18.5 Å². The van der Waals surface area contributed by atoms with Crippen LogP contribution in [0.5, 0.6) is 0 Å². The number of para-hydroxylation sites is 1. The molecule has 4 heteroatoms. The van der Waals surface area contributed by atoms with Gasteiger partial charge in [0, 0.05) is 18.8 Å². The van der Waals surface area contributed by atoms with Crippen LogP contribution in [0.4, 0.5) is 5.69 Å². The second kappa shape index (κ2) is 8.93. The Bertz CT molecular complexity index is 391. The van der Waals surface area contributed by atoms with Crippen LogP contribution in [0.25, 0.3) is 0 Å². The van der Waals surface area contributed by atoms with Crippen LogP contribution in [0, 0.1) is 0 Å². The molecule has 0 unspecified atom stereocenters. The van der Waals surface area contributed by atoms with Gasteiger partial charge in [0.1, 0.15) is 0 Å². The molecule has 0 atom stereocenters. The Balaban J connectivity index is 1.51. The first-order chi connectivity index (χ1) is 9.84. The lowest BCUT2D eigenvalue weighted by Crippen LogP contribution is -2.30. The molecule has 1 aliphatic rings. The Morgan fingerprint density at radius 2 is 1.90 bits per heavy atom. The minimum atomic E-state index is 0.498. The Kier molecular flexibility index (Phi) is 6.81. The van der Waals surface area contributed by atoms with E-state index in [0.717, 1.165) is 25.3 Å². The van der Waals surface area contributed by atoms with Gasteiger partial charge in [0.15, 0.2) is 5.11 Å². The number of thiocarbonyl (C=S) groups is 1. The van der Waals surface area contributed by atoms with Gasteiger partial charge in [-0.1, -0.05) is 37.5 Å². The number of benzene rings is 1. The van der Waals surface area contributed by atoms with Crippen LogP contribution in [0.1, 0.15) is 38.5 Å². The number of hydrogen-bond acceptors (Lipinski definition) is 2. The molecule has 0 heterocycles. The predicted molar refractivity (Wildman–Crippen MR) is 88.1 cm³/mol. The summed E-state index contributed by atoms with van der Waals surface area (Å²) in [6, 6.07) is 9.97. The van der Waals surface area contributed by atoms with Crippen LogP contribution in [0.3, 0.4) is 0 Å². The van der Waals surface area contributed by atoms with E-state index in [1.54, 1.807) is 0 Å². The molecule has 0 aliphatic heterocycles. The monoisotopic (exact) mass is 292 g/mol. The second-order valence-corrected chi connectivity index (χ2v) is 5.64. The van der Waals surface area contributed by atoms with Gasteiger partial charge in [-0.3, -0.25) is 0 Å². The highest BCUT2D eigenvalue weighted by Crippen LogP contribution is 2.20. The molecule has 0 saturated heterocycles. The van der Waals surface area contributed by atoms with Crippen molar-refractivity contribution in [3.05, 3.63) is 30.3 Å². The van der Waals surface area contributed by atoms with Crippen molar-refractivity contribution in [2.45, 2.75) is 44.6 Å². The molecule has 3 nitrogen and oxygen atoms in total. The lowest BCUT2D eigenvalue weighted by Gasteiger charge is -2.22. The molecule has 1 aromatic rings. The average Bonchev–Trinajstić information content (AvgIpc) is 2.49. The number of nitrogens with one attached hydrogen (secondary N) is 2. The fraction of sp³-hybridized carbons (Fsp3) is 0.562. The molecule has 0 aromatic heterocycles. The lowest BCUT2D eigenvalue weighted by molar-refractivity contribution is 0.0277. The van der Waals surface area contributed by atoms with Crippen molar-refractivity contribution < 1.29 is 4.74 Å². The zero-order chi connectivity index (χ0) is 14.0. The van der Waals surface area contributed by atoms with Crippen molar-refractivity contribution in [1.82, 2.24) is 5.32 Å². The van der Waals surface area contributed by atoms with Gasteiger partial charge in [0.05, 0.1) is 6.10 Å². The van der Waals surface area contributed by atoms with Crippen LogP contribution < -0.4 is 10.6 Å². The minimum Gasteiger partial charge on any atom is -0.378 e. The molecule has 2 N–H and O–H groups in total. The molecule has 0 bridgehead atoms. The van der Waals surface area contributed by atoms with Crippen molar-refractivity contribution >= 4 is 23.0 Å². The number of hydrogen-bond donors (Lipinski definition) is 2. The van der Waals surface area contributed by atoms with E-state index in [9.17, 15) is 0 Å². The second-order valence-electron chi connectivity index (χ2n) is 5.23. The molecule has 1 saturated carbocycles. The smallest absolute Gasteiger partial charge is 0.170 e. The first kappa shape index (κ1) is 15.3. The van der Waals surface area contributed by atoms with E-state index >= 15 is 0 Å². The molecule has 1 aliphatic carbocycles. The van der Waals surface area contributed by atoms with E-state index in [4.69, 9.17) is 17.0 Å². The maximum atomic E-state index is 5.88. The quantitative estimate of drug-likeness (QED) is 0.618. The Hall–Kier alpha value is -1.13. The summed E-state index contributed by atoms with van der Waals surface area (Å²) < 4.78 is 5.88. The molecule has 20 heavy (non-hydrogen) atoms. The van der Waals surface area contributed by atoms with Gasteiger partial charge >= 0.3 is 0 Å². The number of anilines is 1. The number of ether oxygens (including phenoxy) is 1. The predicted octanol–water partition coefficient (Wildman–Crippen LogP) is 3.71. The summed E-state index contributed by atoms with van der Waals surface area (Å²) >= 11 is 5.25. The van der Waals surface area contributed by atoms with Crippen LogP contribution in [0.2, 0.25) is 0 Å². The highest BCUT2D eigenvalue weighted by molar-refractivity contribution is 7.80. The Morgan fingerprint density at radius 1 is 1.15 bits per heavy atom. The van der Waals surface area contributed by atoms with E-state index in [0.29, 0.717) is 11.2 Å². The molecule has 0 radical (unpaired) electrons. The summed E-state index contributed by atoms with van der Waals surface area (Å²) in [5.41, 5.74) is 1.02. The van der Waals surface area contributed by atoms with Crippen LogP contribution >= 0.6 is 12.2 Å². The summed E-state index contributed by atoms with van der Waals surface area (Å²) in [6.45, 7) is 1.68. The normalized spacial score (nSPS) is 15.8. The van der Waals surface area contributed by atoms with Crippen molar-refractivity contribution in [3.8, 4) is 0 Å². The number of rotatable bonds is 6. The maximum absolute atomic E-state index is 5.88. The van der Waals surface area contributed by atoms with Crippen LogP contribution in [0.15, 0.2) is 30.3 Å². The summed E-state index contributed by atoms with van der Waals surface area (Å²) in [7, 11) is 0. The zero-order valence-electron chi connectivity index (χ0n) is 11.9. The average molecular weight is 292 g/mol. The van der Waals surface area contributed by atoms with Crippen molar-refractivity contribution in [2.24, 2.45) is 0 Å². The minimum absolute atomic E-state index is 0.498. The summed E-state index contributed by atoms with van der Waals surface area (Å²) in [5, 5.41) is 7.05. The molecule has 2 rings (SSSR count). The highest BCUT2D eigenvalue weighted by atomic mass is 32.1. The molecule has 0 amide bonds. The largest absolute Gasteiger partial charge is 0.378 e. The van der Waals surface area contributed by atoms with Crippen molar-refractivity contribution in [3.63, 3.8) is 0 Å². The SMILES string of the molecule is S=C(NCCCOC1CCCCC1)Nc1ccccc1. The molecule has 0 spiro atoms. The van der Waals surface area contributed by atoms with E-state index in [1.807, 2.05) is 30.3 Å². The van der Waals surface area contributed by atoms with Gasteiger partial charge in [-0.25, -0.2) is 0 Å². The zero-order valence-corrected chi connectivity index (χ0v) is 12.8. The summed E-state index contributed by atoms with van der Waals surface area (Å²) in [6.07, 6.45) is 8.00. The third kappa shape index (κ3) is 5.88. The molecular formula is C16H24N2OS. The first-order valence-electron chi connectivity index (χ1n) is 7.56. The summed E-state index contributed by atoms with van der Waals surface area (Å²) in [5.74, 6) is 0. The third-order valence-electron chi connectivity index (χ3n) is 3.54.